The highest BCUT2D eigenvalue weighted by atomic mass is 16.5. The summed E-state index contributed by atoms with van der Waals surface area (Å²) in [6.07, 6.45) is 0.619. The first-order chi connectivity index (χ1) is 18.4. The van der Waals surface area contributed by atoms with Crippen molar-refractivity contribution >= 4 is 28.8 Å². The molecule has 2 saturated heterocycles. The zero-order valence-corrected chi connectivity index (χ0v) is 21.3. The number of carboxylic acid groups (broad SMARTS) is 1. The fourth-order valence-electron chi connectivity index (χ4n) is 5.75. The Morgan fingerprint density at radius 1 is 1.08 bits per heavy atom. The number of carbonyl (C=O) groups excluding carboxylic acids is 2. The summed E-state index contributed by atoms with van der Waals surface area (Å²) in [5.41, 5.74) is 4.02. The Bertz CT molecular complexity index is 1410. The molecule has 2 aromatic carbocycles. The number of hydrogen-bond donors (Lipinski definition) is 1. The number of fused-ring (bicyclic) bond motifs is 5. The number of rotatable bonds is 7. The van der Waals surface area contributed by atoms with Crippen molar-refractivity contribution in [3.8, 4) is 5.75 Å². The van der Waals surface area contributed by atoms with E-state index in [1.165, 1.54) is 11.9 Å². The van der Waals surface area contributed by atoms with Crippen LogP contribution in [-0.4, -0.2) is 95.3 Å². The van der Waals surface area contributed by atoms with Gasteiger partial charge in [0.05, 0.1) is 18.8 Å². The van der Waals surface area contributed by atoms with Crippen molar-refractivity contribution in [2.75, 3.05) is 53.0 Å². The Morgan fingerprint density at radius 2 is 1.84 bits per heavy atom. The third-order valence-corrected chi connectivity index (χ3v) is 7.78. The second-order valence-electron chi connectivity index (χ2n) is 9.96. The van der Waals surface area contributed by atoms with E-state index < -0.39 is 12.0 Å². The van der Waals surface area contributed by atoms with Gasteiger partial charge in [0.2, 0.25) is 0 Å². The van der Waals surface area contributed by atoms with Crippen LogP contribution in [0.2, 0.25) is 0 Å². The quantitative estimate of drug-likeness (QED) is 0.480. The molecule has 3 aromatic rings. The van der Waals surface area contributed by atoms with Crippen LogP contribution in [0.15, 0.2) is 42.5 Å². The molecule has 38 heavy (non-hydrogen) atoms. The minimum atomic E-state index is -0.963. The number of ether oxygens (including phenoxy) is 2. The first-order valence-electron chi connectivity index (χ1n) is 12.9. The highest BCUT2D eigenvalue weighted by Gasteiger charge is 2.48. The molecule has 3 aliphatic rings. The van der Waals surface area contributed by atoms with Crippen LogP contribution in [0, 0.1) is 0 Å². The average molecular weight is 519 g/mol. The van der Waals surface area contributed by atoms with Crippen molar-refractivity contribution in [3.63, 3.8) is 0 Å². The molecule has 1 aromatic heterocycles. The molecule has 198 valence electrons. The minimum Gasteiger partial charge on any atom is -0.492 e. The first-order valence-corrected chi connectivity index (χ1v) is 12.9. The molecule has 1 unspecified atom stereocenters. The van der Waals surface area contributed by atoms with E-state index in [4.69, 9.17) is 9.47 Å². The zero-order valence-electron chi connectivity index (χ0n) is 21.3. The molecule has 6 rings (SSSR count). The van der Waals surface area contributed by atoms with Crippen LogP contribution in [0.3, 0.4) is 0 Å². The molecule has 0 bridgehead atoms. The van der Waals surface area contributed by atoms with Gasteiger partial charge in [0.15, 0.2) is 0 Å². The smallest absolute Gasteiger partial charge is 0.335 e. The van der Waals surface area contributed by atoms with Gasteiger partial charge in [-0.15, -0.1) is 0 Å². The predicted octanol–water partition coefficient (Wildman–Crippen LogP) is 2.59. The topological polar surface area (TPSA) is 105 Å². The number of nitrogens with zero attached hydrogens (tertiary/aromatic N) is 4. The SMILES string of the molecule is CN1C(=O)C2c3c(n(Cc4ccc(C(=O)O)cc4)c4ccc(OCCN5CCOCC5)cc34)CCN2C1=O. The first kappa shape index (κ1) is 24.4. The van der Waals surface area contributed by atoms with E-state index in [0.717, 1.165) is 66.3 Å². The summed E-state index contributed by atoms with van der Waals surface area (Å²) in [7, 11) is 1.53. The minimum absolute atomic E-state index is 0.223. The lowest BCUT2D eigenvalue weighted by Crippen LogP contribution is -2.38. The van der Waals surface area contributed by atoms with E-state index in [1.807, 2.05) is 30.3 Å². The van der Waals surface area contributed by atoms with Crippen LogP contribution < -0.4 is 4.74 Å². The van der Waals surface area contributed by atoms with Gasteiger partial charge in [0, 0.05) is 68.4 Å². The van der Waals surface area contributed by atoms with Crippen LogP contribution in [0.4, 0.5) is 4.79 Å². The molecule has 10 heteroatoms. The van der Waals surface area contributed by atoms with E-state index in [2.05, 4.69) is 9.47 Å². The fraction of sp³-hybridized carbons (Fsp3) is 0.393. The number of benzene rings is 2. The van der Waals surface area contributed by atoms with Gasteiger partial charge in [0.25, 0.3) is 5.91 Å². The van der Waals surface area contributed by atoms with Crippen LogP contribution in [0.1, 0.15) is 33.2 Å². The van der Waals surface area contributed by atoms with E-state index in [-0.39, 0.29) is 17.5 Å². The Morgan fingerprint density at radius 3 is 2.58 bits per heavy atom. The summed E-state index contributed by atoms with van der Waals surface area (Å²) in [4.78, 5) is 42.4. The Labute approximate surface area is 219 Å². The normalized spacial score (nSPS) is 19.7. The number of carboxylic acids is 1. The van der Waals surface area contributed by atoms with E-state index in [1.54, 1.807) is 17.0 Å². The van der Waals surface area contributed by atoms with Gasteiger partial charge in [-0.3, -0.25) is 14.6 Å². The molecule has 1 N–H and O–H groups in total. The van der Waals surface area contributed by atoms with Gasteiger partial charge in [-0.25, -0.2) is 9.59 Å². The van der Waals surface area contributed by atoms with Gasteiger partial charge in [-0.2, -0.15) is 0 Å². The van der Waals surface area contributed by atoms with Crippen LogP contribution in [0.5, 0.6) is 5.75 Å². The van der Waals surface area contributed by atoms with Crippen molar-refractivity contribution in [1.82, 2.24) is 19.3 Å². The fourth-order valence-corrected chi connectivity index (χ4v) is 5.75. The maximum Gasteiger partial charge on any atom is 0.335 e. The van der Waals surface area contributed by atoms with Crippen LogP contribution in [0.25, 0.3) is 10.9 Å². The third kappa shape index (κ3) is 4.19. The second-order valence-corrected chi connectivity index (χ2v) is 9.96. The monoisotopic (exact) mass is 518 g/mol. The third-order valence-electron chi connectivity index (χ3n) is 7.78. The number of likely N-dealkylation sites (N-methyl/N-ethyl adjacent to an activating group) is 1. The Hall–Kier alpha value is -3.89. The molecule has 0 aliphatic carbocycles. The van der Waals surface area contributed by atoms with Gasteiger partial charge in [-0.1, -0.05) is 12.1 Å². The summed E-state index contributed by atoms with van der Waals surface area (Å²) in [6, 6.07) is 11.9. The van der Waals surface area contributed by atoms with Crippen LogP contribution >= 0.6 is 0 Å². The lowest BCUT2D eigenvalue weighted by Gasteiger charge is -2.28. The Kier molecular flexibility index (Phi) is 6.29. The number of imide groups is 1. The Balaban J connectivity index is 1.36. The highest BCUT2D eigenvalue weighted by Crippen LogP contribution is 2.43. The van der Waals surface area contributed by atoms with E-state index in [0.29, 0.717) is 26.1 Å². The number of aromatic nitrogens is 1. The van der Waals surface area contributed by atoms with Crippen molar-refractivity contribution in [2.24, 2.45) is 0 Å². The van der Waals surface area contributed by atoms with Gasteiger partial charge in [-0.05, 0) is 35.9 Å². The molecule has 10 nitrogen and oxygen atoms in total. The number of urea groups is 1. The van der Waals surface area contributed by atoms with Gasteiger partial charge < -0.3 is 24.0 Å². The summed E-state index contributed by atoms with van der Waals surface area (Å²) >= 11 is 0. The summed E-state index contributed by atoms with van der Waals surface area (Å²) in [5.74, 6) is -0.465. The summed E-state index contributed by atoms with van der Waals surface area (Å²) in [5, 5.41) is 10.2. The molecular weight excluding hydrogens is 488 g/mol. The average Bonchev–Trinajstić information content (AvgIpc) is 3.36. The zero-order chi connectivity index (χ0) is 26.4. The maximum absolute atomic E-state index is 13.2. The molecule has 4 heterocycles. The standard InChI is InChI=1S/C28H30N4O6/c1-29-26(33)25-24-21-16-20(38-15-12-30-10-13-37-14-11-30)6-7-22(21)32(23(24)8-9-31(25)28(29)36)17-18-2-4-19(5-3-18)27(34)35/h2-7,16,25H,8-15,17H2,1H3,(H,34,35). The molecule has 2 fully saturated rings. The van der Waals surface area contributed by atoms with Crippen molar-refractivity contribution in [3.05, 3.63) is 64.8 Å². The molecule has 1 atom stereocenters. The molecule has 0 radical (unpaired) electrons. The predicted molar refractivity (Wildman–Crippen MR) is 139 cm³/mol. The lowest BCUT2D eigenvalue weighted by molar-refractivity contribution is -0.127. The van der Waals surface area contributed by atoms with Crippen molar-refractivity contribution < 1.29 is 29.0 Å². The molecule has 3 aliphatic heterocycles. The number of amides is 3. The summed E-state index contributed by atoms with van der Waals surface area (Å²) in [6.45, 7) is 5.60. The van der Waals surface area contributed by atoms with E-state index in [9.17, 15) is 19.5 Å². The van der Waals surface area contributed by atoms with E-state index >= 15 is 0 Å². The largest absolute Gasteiger partial charge is 0.492 e. The number of hydrogen-bond acceptors (Lipinski definition) is 6. The lowest BCUT2D eigenvalue weighted by atomic mass is 9.96. The molecule has 3 amide bonds. The van der Waals surface area contributed by atoms with Crippen LogP contribution in [-0.2, 0) is 22.5 Å². The molecular formula is C28H30N4O6. The number of carbonyl (C=O) groups is 3. The van der Waals surface area contributed by atoms with Gasteiger partial charge in [0.1, 0.15) is 18.4 Å². The summed E-state index contributed by atoms with van der Waals surface area (Å²) < 4.78 is 13.7. The van der Waals surface area contributed by atoms with Crippen molar-refractivity contribution in [1.29, 1.82) is 0 Å². The highest BCUT2D eigenvalue weighted by molar-refractivity contribution is 6.07. The van der Waals surface area contributed by atoms with Crippen molar-refractivity contribution in [2.45, 2.75) is 19.0 Å². The second kappa shape index (κ2) is 9.77. The maximum atomic E-state index is 13.2. The molecule has 0 spiro atoms. The van der Waals surface area contributed by atoms with Gasteiger partial charge >= 0.3 is 12.0 Å². The number of morpholine rings is 1. The number of aromatic carboxylic acids is 1. The molecule has 0 saturated carbocycles.